The molecule has 2 aromatic carbocycles. The van der Waals surface area contributed by atoms with E-state index >= 15 is 0 Å². The molecule has 2 saturated heterocycles. The van der Waals surface area contributed by atoms with Gasteiger partial charge in [-0.05, 0) is 102 Å². The molecule has 2 heterocycles. The molecule has 0 saturated carbocycles. The maximum atomic E-state index is 13.7. The van der Waals surface area contributed by atoms with Crippen LogP contribution in [0.15, 0.2) is 36.4 Å². The van der Waals surface area contributed by atoms with Gasteiger partial charge in [-0.25, -0.2) is 4.79 Å². The van der Waals surface area contributed by atoms with Crippen molar-refractivity contribution < 1.29 is 32.2 Å². The van der Waals surface area contributed by atoms with Gasteiger partial charge < -0.3 is 19.3 Å². The predicted octanol–water partition coefficient (Wildman–Crippen LogP) is 6.38. The summed E-state index contributed by atoms with van der Waals surface area (Å²) in [6.07, 6.45) is -4.46. The van der Waals surface area contributed by atoms with E-state index in [0.717, 1.165) is 22.6 Å². The Balaban J connectivity index is 1.46. The maximum absolute atomic E-state index is 13.7. The van der Waals surface area contributed by atoms with Crippen molar-refractivity contribution in [1.29, 1.82) is 5.26 Å². The van der Waals surface area contributed by atoms with Gasteiger partial charge >= 0.3 is 12.3 Å². The Hall–Kier alpha value is -3.89. The molecule has 248 valence electrons. The third-order valence-corrected chi connectivity index (χ3v) is 8.41. The van der Waals surface area contributed by atoms with Crippen LogP contribution >= 0.6 is 12.2 Å². The lowest BCUT2D eigenvalue weighted by Crippen LogP contribution is -2.55. The summed E-state index contributed by atoms with van der Waals surface area (Å²) in [6.45, 7) is 15.9. The number of ether oxygens (including phenoxy) is 2. The Morgan fingerprint density at radius 2 is 1.78 bits per heavy atom. The van der Waals surface area contributed by atoms with Crippen LogP contribution in [0.5, 0.6) is 5.75 Å². The molecule has 4 rings (SSSR count). The molecule has 13 heteroatoms. The summed E-state index contributed by atoms with van der Waals surface area (Å²) in [7, 11) is 0. The average molecular weight is 660 g/mol. The number of aryl methyl sites for hydroxylation is 1. The molecule has 46 heavy (non-hydrogen) atoms. The topological polar surface area (TPSA) is 89.4 Å². The fourth-order valence-electron chi connectivity index (χ4n) is 5.69. The third kappa shape index (κ3) is 7.23. The van der Waals surface area contributed by atoms with Crippen LogP contribution in [0.25, 0.3) is 0 Å². The van der Waals surface area contributed by atoms with Gasteiger partial charge in [0.2, 0.25) is 0 Å². The first-order chi connectivity index (χ1) is 21.4. The zero-order valence-electron chi connectivity index (χ0n) is 27.2. The second-order valence-electron chi connectivity index (χ2n) is 13.0. The molecule has 9 nitrogen and oxygen atoms in total. The first-order valence-electron chi connectivity index (χ1n) is 15.2. The van der Waals surface area contributed by atoms with Crippen LogP contribution < -0.4 is 14.5 Å². The normalized spacial score (nSPS) is 19.0. The Kier molecular flexibility index (Phi) is 9.94. The molecule has 2 fully saturated rings. The molecule has 2 amide bonds. The third-order valence-electron chi connectivity index (χ3n) is 8.04. The molecular weight excluding hydrogens is 619 g/mol. The van der Waals surface area contributed by atoms with E-state index in [9.17, 15) is 28.0 Å². The zero-order chi connectivity index (χ0) is 34.2. The molecule has 2 aliphatic heterocycles. The number of nitrogens with zero attached hydrogens (tertiary/aromatic N) is 5. The lowest BCUT2D eigenvalue weighted by atomic mass is 10.0. The number of anilines is 2. The minimum absolute atomic E-state index is 0.00616. The van der Waals surface area contributed by atoms with Crippen molar-refractivity contribution in [1.82, 2.24) is 9.80 Å². The summed E-state index contributed by atoms with van der Waals surface area (Å²) in [5, 5.41) is 9.21. The van der Waals surface area contributed by atoms with Crippen LogP contribution in [-0.2, 0) is 22.1 Å². The highest BCUT2D eigenvalue weighted by atomic mass is 32.1. The van der Waals surface area contributed by atoms with E-state index in [1.807, 2.05) is 46.8 Å². The first kappa shape index (κ1) is 35.0. The van der Waals surface area contributed by atoms with Crippen LogP contribution in [0.4, 0.5) is 29.3 Å². The molecule has 0 bridgehead atoms. The summed E-state index contributed by atoms with van der Waals surface area (Å²) in [5.74, 6) is 0.189. The minimum Gasteiger partial charge on any atom is -0.492 e. The molecule has 2 aliphatic rings. The number of piperazine rings is 1. The van der Waals surface area contributed by atoms with E-state index in [-0.39, 0.29) is 22.9 Å². The lowest BCUT2D eigenvalue weighted by molar-refractivity contribution is -0.137. The van der Waals surface area contributed by atoms with E-state index in [1.54, 1.807) is 35.8 Å². The number of alkyl halides is 3. The second kappa shape index (κ2) is 13.1. The Bertz CT molecular complexity index is 1550. The van der Waals surface area contributed by atoms with E-state index in [2.05, 4.69) is 4.90 Å². The molecule has 2 aromatic rings. The molecule has 1 atom stereocenters. The van der Waals surface area contributed by atoms with Crippen LogP contribution in [0.1, 0.15) is 65.2 Å². The number of amides is 2. The standard InChI is InChI=1S/C33H40F3N5O4S/c1-8-22-17-25(11-12-27(22)44-16-15-38-13-14-39(21(2)20-38)30(43)45-31(3,4)5)41-29(46)40(28(42)32(41,6)7)24-10-9-23(19-37)26(18-24)33(34,35)36/h9-12,17-18,21H,8,13-16,20H2,1-7H3/t21-/m1/s1. The number of rotatable bonds is 7. The van der Waals surface area contributed by atoms with Crippen molar-refractivity contribution in [2.75, 3.05) is 42.6 Å². The summed E-state index contributed by atoms with van der Waals surface area (Å²) < 4.78 is 52.8. The number of carbonyl (C=O) groups excluding carboxylic acids is 2. The predicted molar refractivity (Wildman–Crippen MR) is 173 cm³/mol. The Morgan fingerprint density at radius 3 is 2.37 bits per heavy atom. The molecule has 0 spiro atoms. The minimum atomic E-state index is -4.78. The fraction of sp³-hybridized carbons (Fsp3) is 0.515. The van der Waals surface area contributed by atoms with Gasteiger partial charge in [0.25, 0.3) is 5.91 Å². The van der Waals surface area contributed by atoms with Crippen molar-refractivity contribution in [2.45, 2.75) is 78.2 Å². The lowest BCUT2D eigenvalue weighted by Gasteiger charge is -2.40. The summed E-state index contributed by atoms with van der Waals surface area (Å²) in [4.78, 5) is 32.8. The van der Waals surface area contributed by atoms with E-state index in [4.69, 9.17) is 21.7 Å². The molecule has 0 unspecified atom stereocenters. The number of hydrogen-bond donors (Lipinski definition) is 0. The molecular formula is C33H40F3N5O4S. The number of nitriles is 1. The smallest absolute Gasteiger partial charge is 0.417 e. The van der Waals surface area contributed by atoms with Crippen molar-refractivity contribution in [3.05, 3.63) is 53.1 Å². The largest absolute Gasteiger partial charge is 0.492 e. The van der Waals surface area contributed by atoms with Crippen LogP contribution in [-0.4, -0.2) is 76.9 Å². The van der Waals surface area contributed by atoms with Gasteiger partial charge in [0.1, 0.15) is 23.5 Å². The van der Waals surface area contributed by atoms with Gasteiger partial charge in [-0.3, -0.25) is 14.6 Å². The first-order valence-corrected chi connectivity index (χ1v) is 15.6. The van der Waals surface area contributed by atoms with Crippen molar-refractivity contribution in [2.24, 2.45) is 0 Å². The maximum Gasteiger partial charge on any atom is 0.417 e. The van der Waals surface area contributed by atoms with Gasteiger partial charge in [-0.1, -0.05) is 6.92 Å². The molecule has 0 radical (unpaired) electrons. The number of carbonyl (C=O) groups is 2. The van der Waals surface area contributed by atoms with Gasteiger partial charge in [-0.15, -0.1) is 0 Å². The fourth-order valence-corrected chi connectivity index (χ4v) is 6.22. The van der Waals surface area contributed by atoms with E-state index in [0.29, 0.717) is 50.6 Å². The van der Waals surface area contributed by atoms with Gasteiger partial charge in [-0.2, -0.15) is 18.4 Å². The number of hydrogen-bond acceptors (Lipinski definition) is 7. The molecule has 0 N–H and O–H groups in total. The van der Waals surface area contributed by atoms with Crippen molar-refractivity contribution in [3.63, 3.8) is 0 Å². The van der Waals surface area contributed by atoms with Crippen LogP contribution in [0.2, 0.25) is 0 Å². The molecule has 0 aromatic heterocycles. The summed E-state index contributed by atoms with van der Waals surface area (Å²) >= 11 is 5.68. The second-order valence-corrected chi connectivity index (χ2v) is 13.3. The van der Waals surface area contributed by atoms with Crippen LogP contribution in [0.3, 0.4) is 0 Å². The highest BCUT2D eigenvalue weighted by Gasteiger charge is 2.51. The summed E-state index contributed by atoms with van der Waals surface area (Å²) in [6, 6.07) is 10.2. The highest BCUT2D eigenvalue weighted by Crippen LogP contribution is 2.40. The van der Waals surface area contributed by atoms with Gasteiger partial charge in [0, 0.05) is 37.9 Å². The zero-order valence-corrected chi connectivity index (χ0v) is 28.0. The van der Waals surface area contributed by atoms with E-state index < -0.39 is 34.4 Å². The average Bonchev–Trinajstić information content (AvgIpc) is 3.14. The monoisotopic (exact) mass is 659 g/mol. The Morgan fingerprint density at radius 1 is 1.11 bits per heavy atom. The highest BCUT2D eigenvalue weighted by molar-refractivity contribution is 7.81. The number of thiocarbonyl (C=S) groups is 1. The molecule has 0 aliphatic carbocycles. The van der Waals surface area contributed by atoms with Crippen molar-refractivity contribution in [3.8, 4) is 11.8 Å². The van der Waals surface area contributed by atoms with Crippen molar-refractivity contribution >= 4 is 40.7 Å². The number of benzene rings is 2. The van der Waals surface area contributed by atoms with Crippen LogP contribution in [0, 0.1) is 11.3 Å². The summed E-state index contributed by atoms with van der Waals surface area (Å²) in [5.41, 5.74) is -2.00. The quantitative estimate of drug-likeness (QED) is 0.317. The van der Waals surface area contributed by atoms with E-state index in [1.165, 1.54) is 6.07 Å². The van der Waals surface area contributed by atoms with Gasteiger partial charge in [0.05, 0.1) is 22.9 Å². The Labute approximate surface area is 273 Å². The number of halogens is 3. The SMILES string of the molecule is CCc1cc(N2C(=S)N(c3ccc(C#N)c(C(F)(F)F)c3)C(=O)C2(C)C)ccc1OCCN1CCN(C(=O)OC(C)(C)C)[C@H](C)C1. The van der Waals surface area contributed by atoms with Gasteiger partial charge in [0.15, 0.2) is 5.11 Å².